The molecule has 0 bridgehead atoms. The second-order valence-electron chi connectivity index (χ2n) is 8.03. The summed E-state index contributed by atoms with van der Waals surface area (Å²) in [4.78, 5) is 28.9. The number of hydrogen-bond acceptors (Lipinski definition) is 5. The van der Waals surface area contributed by atoms with Crippen molar-refractivity contribution in [1.82, 2.24) is 20.3 Å². The molecule has 1 aromatic heterocycles. The van der Waals surface area contributed by atoms with Gasteiger partial charge in [0.25, 0.3) is 0 Å². The van der Waals surface area contributed by atoms with Crippen molar-refractivity contribution >= 4 is 11.8 Å². The Labute approximate surface area is 148 Å². The molecule has 1 aromatic rings. The quantitative estimate of drug-likeness (QED) is 0.874. The minimum atomic E-state index is -0.0952. The zero-order valence-electron chi connectivity index (χ0n) is 15.8. The minimum Gasteiger partial charge on any atom is -0.361 e. The van der Waals surface area contributed by atoms with Crippen molar-refractivity contribution in [2.24, 2.45) is 5.41 Å². The van der Waals surface area contributed by atoms with E-state index >= 15 is 0 Å². The first-order valence-corrected chi connectivity index (χ1v) is 8.91. The summed E-state index contributed by atoms with van der Waals surface area (Å²) >= 11 is 0. The van der Waals surface area contributed by atoms with Crippen LogP contribution in [0, 0.1) is 19.3 Å². The highest BCUT2D eigenvalue weighted by Crippen LogP contribution is 2.42. The number of nitrogens with one attached hydrogen (secondary N) is 1. The lowest BCUT2D eigenvalue weighted by molar-refractivity contribution is -0.141. The molecular formula is C18H28N4O3. The molecule has 2 fully saturated rings. The standard InChI is InChI=1S/C18H28N4O3/c1-11(2)19-17(24)15-7-18(8-21(15)5)9-22(10-18)16(23)6-14-12(3)20-25-13(14)4/h11,15H,6-10H2,1-5H3,(H,19,24). The number of amides is 2. The van der Waals surface area contributed by atoms with Crippen LogP contribution in [0.2, 0.25) is 0 Å². The van der Waals surface area contributed by atoms with Crippen molar-refractivity contribution < 1.29 is 14.1 Å². The number of likely N-dealkylation sites (tertiary alicyclic amines) is 2. The van der Waals surface area contributed by atoms with Crippen LogP contribution in [0.25, 0.3) is 0 Å². The molecule has 2 aliphatic rings. The second kappa shape index (κ2) is 6.44. The number of aromatic nitrogens is 1. The van der Waals surface area contributed by atoms with Gasteiger partial charge in [-0.05, 0) is 41.2 Å². The van der Waals surface area contributed by atoms with E-state index in [0.717, 1.165) is 37.3 Å². The Balaban J connectivity index is 1.56. The summed E-state index contributed by atoms with van der Waals surface area (Å²) in [6.45, 7) is 9.96. The van der Waals surface area contributed by atoms with E-state index < -0.39 is 0 Å². The zero-order chi connectivity index (χ0) is 18.4. The van der Waals surface area contributed by atoms with Gasteiger partial charge >= 0.3 is 0 Å². The highest BCUT2D eigenvalue weighted by molar-refractivity contribution is 5.83. The van der Waals surface area contributed by atoms with Crippen LogP contribution < -0.4 is 5.32 Å². The molecule has 0 aliphatic carbocycles. The molecule has 7 heteroatoms. The van der Waals surface area contributed by atoms with E-state index in [1.54, 1.807) is 0 Å². The van der Waals surface area contributed by atoms with Gasteiger partial charge in [-0.25, -0.2) is 0 Å². The Hall–Kier alpha value is -1.89. The first kappa shape index (κ1) is 17.9. The second-order valence-corrected chi connectivity index (χ2v) is 8.03. The molecule has 0 aromatic carbocycles. The van der Waals surface area contributed by atoms with E-state index in [0.29, 0.717) is 12.2 Å². The molecule has 3 heterocycles. The molecule has 2 saturated heterocycles. The molecule has 1 spiro atoms. The van der Waals surface area contributed by atoms with Gasteiger partial charge < -0.3 is 14.7 Å². The molecule has 1 unspecified atom stereocenters. The maximum Gasteiger partial charge on any atom is 0.237 e. The lowest BCUT2D eigenvalue weighted by atomic mass is 9.77. The molecule has 25 heavy (non-hydrogen) atoms. The van der Waals surface area contributed by atoms with Gasteiger partial charge in [0, 0.05) is 36.7 Å². The Morgan fingerprint density at radius 2 is 2.00 bits per heavy atom. The first-order valence-electron chi connectivity index (χ1n) is 8.91. The summed E-state index contributed by atoms with van der Waals surface area (Å²) in [5.74, 6) is 0.916. The van der Waals surface area contributed by atoms with Crippen molar-refractivity contribution in [2.75, 3.05) is 26.7 Å². The third-order valence-corrected chi connectivity index (χ3v) is 5.39. The van der Waals surface area contributed by atoms with Crippen LogP contribution in [-0.4, -0.2) is 65.5 Å². The Kier molecular flexibility index (Phi) is 4.62. The summed E-state index contributed by atoms with van der Waals surface area (Å²) in [7, 11) is 1.99. The van der Waals surface area contributed by atoms with Gasteiger partial charge in [0.05, 0.1) is 18.2 Å². The number of nitrogens with zero attached hydrogens (tertiary/aromatic N) is 3. The van der Waals surface area contributed by atoms with E-state index in [4.69, 9.17) is 4.52 Å². The number of aryl methyl sites for hydroxylation is 2. The molecule has 3 rings (SSSR count). The molecule has 7 nitrogen and oxygen atoms in total. The van der Waals surface area contributed by atoms with E-state index in [9.17, 15) is 9.59 Å². The van der Waals surface area contributed by atoms with Crippen LogP contribution in [-0.2, 0) is 16.0 Å². The van der Waals surface area contributed by atoms with Crippen molar-refractivity contribution in [1.29, 1.82) is 0 Å². The van der Waals surface area contributed by atoms with Crippen LogP contribution in [0.4, 0.5) is 0 Å². The van der Waals surface area contributed by atoms with Gasteiger partial charge in [0.2, 0.25) is 11.8 Å². The van der Waals surface area contributed by atoms with Crippen LogP contribution in [0.3, 0.4) is 0 Å². The van der Waals surface area contributed by atoms with Gasteiger partial charge in [-0.2, -0.15) is 0 Å². The van der Waals surface area contributed by atoms with Gasteiger partial charge in [-0.3, -0.25) is 14.5 Å². The minimum absolute atomic E-state index is 0.0577. The molecular weight excluding hydrogens is 320 g/mol. The van der Waals surface area contributed by atoms with Gasteiger partial charge in [-0.15, -0.1) is 0 Å². The fraction of sp³-hybridized carbons (Fsp3) is 0.722. The van der Waals surface area contributed by atoms with E-state index in [2.05, 4.69) is 15.4 Å². The number of likely N-dealkylation sites (N-methyl/N-ethyl adjacent to an activating group) is 1. The van der Waals surface area contributed by atoms with Crippen LogP contribution in [0.5, 0.6) is 0 Å². The Morgan fingerprint density at radius 1 is 1.32 bits per heavy atom. The largest absolute Gasteiger partial charge is 0.361 e. The summed E-state index contributed by atoms with van der Waals surface area (Å²) in [6.07, 6.45) is 1.15. The summed E-state index contributed by atoms with van der Waals surface area (Å²) < 4.78 is 5.14. The van der Waals surface area contributed by atoms with Crippen molar-refractivity contribution in [3.63, 3.8) is 0 Å². The normalized spacial score (nSPS) is 22.5. The summed E-state index contributed by atoms with van der Waals surface area (Å²) in [5, 5.41) is 6.91. The third kappa shape index (κ3) is 3.42. The lowest BCUT2D eigenvalue weighted by Crippen LogP contribution is -2.59. The molecule has 1 N–H and O–H groups in total. The Morgan fingerprint density at radius 3 is 2.56 bits per heavy atom. The van der Waals surface area contributed by atoms with Crippen molar-refractivity contribution in [3.05, 3.63) is 17.0 Å². The van der Waals surface area contributed by atoms with Gasteiger partial charge in [-0.1, -0.05) is 5.16 Å². The third-order valence-electron chi connectivity index (χ3n) is 5.39. The number of carbonyl (C=O) groups is 2. The fourth-order valence-corrected chi connectivity index (χ4v) is 4.13. The molecule has 0 saturated carbocycles. The number of rotatable bonds is 4. The number of carbonyl (C=O) groups excluding carboxylic acids is 2. The van der Waals surface area contributed by atoms with Crippen molar-refractivity contribution in [3.8, 4) is 0 Å². The molecule has 138 valence electrons. The predicted octanol–water partition coefficient (Wildman–Crippen LogP) is 0.891. The average Bonchev–Trinajstić information content (AvgIpc) is 2.99. The van der Waals surface area contributed by atoms with Gasteiger partial charge in [0.15, 0.2) is 0 Å². The number of hydrogen-bond donors (Lipinski definition) is 1. The van der Waals surface area contributed by atoms with Crippen LogP contribution in [0.1, 0.15) is 37.3 Å². The van der Waals surface area contributed by atoms with E-state index in [1.807, 2.05) is 39.6 Å². The summed E-state index contributed by atoms with van der Waals surface area (Å²) in [5.41, 5.74) is 1.73. The SMILES string of the molecule is Cc1noc(C)c1CC(=O)N1CC2(CC(C(=O)NC(C)C)N(C)C2)C1. The van der Waals surface area contributed by atoms with E-state index in [1.165, 1.54) is 0 Å². The Bertz CT molecular complexity index is 656. The molecule has 2 amide bonds. The average molecular weight is 348 g/mol. The topological polar surface area (TPSA) is 78.7 Å². The fourth-order valence-electron chi connectivity index (χ4n) is 4.13. The highest BCUT2D eigenvalue weighted by Gasteiger charge is 2.53. The maximum absolute atomic E-state index is 12.5. The first-order chi connectivity index (χ1) is 11.7. The van der Waals surface area contributed by atoms with Crippen molar-refractivity contribution in [2.45, 2.75) is 52.6 Å². The zero-order valence-corrected chi connectivity index (χ0v) is 15.8. The van der Waals surface area contributed by atoms with Crippen LogP contribution in [0.15, 0.2) is 4.52 Å². The lowest BCUT2D eigenvalue weighted by Gasteiger charge is -2.48. The molecule has 0 radical (unpaired) electrons. The van der Waals surface area contributed by atoms with Crippen LogP contribution >= 0.6 is 0 Å². The monoisotopic (exact) mass is 348 g/mol. The molecule has 1 atom stereocenters. The van der Waals surface area contributed by atoms with E-state index in [-0.39, 0.29) is 29.3 Å². The summed E-state index contributed by atoms with van der Waals surface area (Å²) in [6, 6.07) is 0.0502. The highest BCUT2D eigenvalue weighted by atomic mass is 16.5. The molecule has 2 aliphatic heterocycles. The predicted molar refractivity (Wildman–Crippen MR) is 93.0 cm³/mol. The maximum atomic E-state index is 12.5. The smallest absolute Gasteiger partial charge is 0.237 e. The van der Waals surface area contributed by atoms with Gasteiger partial charge in [0.1, 0.15) is 5.76 Å².